The minimum absolute atomic E-state index is 0.121. The van der Waals surface area contributed by atoms with Gasteiger partial charge in [-0.05, 0) is 48.2 Å². The maximum Gasteiger partial charge on any atom is 0.255 e. The molecule has 6 heteroatoms. The summed E-state index contributed by atoms with van der Waals surface area (Å²) in [6, 6.07) is 18.3. The smallest absolute Gasteiger partial charge is 0.255 e. The monoisotopic (exact) mass is 401 g/mol. The Kier molecular flexibility index (Phi) is 6.67. The van der Waals surface area contributed by atoms with Crippen LogP contribution < -0.4 is 10.6 Å². The van der Waals surface area contributed by atoms with E-state index in [1.165, 1.54) is 5.56 Å². The van der Waals surface area contributed by atoms with Gasteiger partial charge in [0.25, 0.3) is 5.91 Å². The first kappa shape index (κ1) is 20.0. The van der Waals surface area contributed by atoms with Crippen molar-refractivity contribution in [2.75, 3.05) is 18.4 Å². The number of aromatic nitrogens is 2. The van der Waals surface area contributed by atoms with E-state index in [1.807, 2.05) is 18.2 Å². The molecule has 1 aromatic carbocycles. The highest BCUT2D eigenvalue weighted by molar-refractivity contribution is 5.98. The largest absolute Gasteiger partial charge is 0.367 e. The molecule has 1 aliphatic rings. The number of amides is 1. The fourth-order valence-corrected chi connectivity index (χ4v) is 3.75. The van der Waals surface area contributed by atoms with E-state index in [4.69, 9.17) is 0 Å². The number of pyridine rings is 2. The summed E-state index contributed by atoms with van der Waals surface area (Å²) in [6.45, 7) is 3.51. The van der Waals surface area contributed by atoms with Crippen LogP contribution >= 0.6 is 0 Å². The van der Waals surface area contributed by atoms with Crippen LogP contribution in [0.2, 0.25) is 0 Å². The summed E-state index contributed by atoms with van der Waals surface area (Å²) in [5.74, 6) is 0.537. The van der Waals surface area contributed by atoms with E-state index >= 15 is 0 Å². The van der Waals surface area contributed by atoms with E-state index < -0.39 is 0 Å². The highest BCUT2D eigenvalue weighted by atomic mass is 16.1. The second kappa shape index (κ2) is 9.98. The second-order valence-electron chi connectivity index (χ2n) is 7.62. The number of hydrogen-bond donors (Lipinski definition) is 2. The Labute approximate surface area is 177 Å². The van der Waals surface area contributed by atoms with Gasteiger partial charge in [-0.2, -0.15) is 0 Å². The first-order valence-corrected chi connectivity index (χ1v) is 10.4. The Hall–Kier alpha value is -3.25. The van der Waals surface area contributed by atoms with Crippen molar-refractivity contribution in [1.82, 2.24) is 20.2 Å². The molecular weight excluding hydrogens is 374 g/mol. The van der Waals surface area contributed by atoms with Crippen LogP contribution in [0.4, 0.5) is 5.82 Å². The molecule has 3 heterocycles. The van der Waals surface area contributed by atoms with Crippen molar-refractivity contribution in [2.45, 2.75) is 32.0 Å². The van der Waals surface area contributed by atoms with Crippen LogP contribution in [0.5, 0.6) is 0 Å². The maximum atomic E-state index is 12.7. The van der Waals surface area contributed by atoms with Crippen molar-refractivity contribution in [3.05, 3.63) is 89.9 Å². The predicted molar refractivity (Wildman–Crippen MR) is 118 cm³/mol. The van der Waals surface area contributed by atoms with Gasteiger partial charge in [0.1, 0.15) is 5.82 Å². The third kappa shape index (κ3) is 5.42. The number of carbonyl (C=O) groups is 1. The van der Waals surface area contributed by atoms with Gasteiger partial charge in [-0.3, -0.25) is 14.7 Å². The molecule has 0 unspecified atom stereocenters. The fourth-order valence-electron chi connectivity index (χ4n) is 3.75. The third-order valence-electron chi connectivity index (χ3n) is 5.43. The van der Waals surface area contributed by atoms with Crippen molar-refractivity contribution in [3.8, 4) is 0 Å². The SMILES string of the molecule is O=C(NCc1ccncc1)c1cccnc1NC1CCN(Cc2ccccc2)CC1. The zero-order chi connectivity index (χ0) is 20.6. The van der Waals surface area contributed by atoms with Crippen LogP contribution in [-0.4, -0.2) is 39.9 Å². The first-order valence-electron chi connectivity index (χ1n) is 10.4. The summed E-state index contributed by atoms with van der Waals surface area (Å²) < 4.78 is 0. The number of nitrogens with one attached hydrogen (secondary N) is 2. The molecule has 1 aliphatic heterocycles. The number of carbonyl (C=O) groups excluding carboxylic acids is 1. The number of likely N-dealkylation sites (tertiary alicyclic amines) is 1. The molecule has 0 radical (unpaired) electrons. The summed E-state index contributed by atoms with van der Waals surface area (Å²) in [5, 5.41) is 6.48. The molecule has 1 amide bonds. The van der Waals surface area contributed by atoms with Gasteiger partial charge >= 0.3 is 0 Å². The summed E-state index contributed by atoms with van der Waals surface area (Å²) >= 11 is 0. The highest BCUT2D eigenvalue weighted by Crippen LogP contribution is 2.19. The van der Waals surface area contributed by atoms with Gasteiger partial charge in [-0.15, -0.1) is 0 Å². The molecular formula is C24H27N5O. The lowest BCUT2D eigenvalue weighted by Crippen LogP contribution is -2.39. The number of piperidine rings is 1. The molecule has 0 bridgehead atoms. The molecule has 0 saturated carbocycles. The summed E-state index contributed by atoms with van der Waals surface area (Å²) in [6.07, 6.45) is 7.24. The second-order valence-corrected chi connectivity index (χ2v) is 7.62. The standard InChI is InChI=1S/C24H27N5O/c30-24(27-17-19-8-13-25-14-9-19)22-7-4-12-26-23(22)28-21-10-15-29(16-11-21)18-20-5-2-1-3-6-20/h1-9,12-14,21H,10-11,15-18H2,(H,26,28)(H,27,30). The van der Waals surface area contributed by atoms with E-state index in [0.717, 1.165) is 38.0 Å². The van der Waals surface area contributed by atoms with Gasteiger partial charge in [0.05, 0.1) is 5.56 Å². The van der Waals surface area contributed by atoms with Gasteiger partial charge in [0.2, 0.25) is 0 Å². The topological polar surface area (TPSA) is 70.1 Å². The number of anilines is 1. The van der Waals surface area contributed by atoms with Gasteiger partial charge in [-0.25, -0.2) is 4.98 Å². The minimum atomic E-state index is -0.121. The van der Waals surface area contributed by atoms with Crippen molar-refractivity contribution >= 4 is 11.7 Å². The molecule has 1 saturated heterocycles. The third-order valence-corrected chi connectivity index (χ3v) is 5.43. The van der Waals surface area contributed by atoms with Crippen molar-refractivity contribution < 1.29 is 4.79 Å². The molecule has 0 aliphatic carbocycles. The average Bonchev–Trinajstić information content (AvgIpc) is 2.80. The Morgan fingerprint density at radius 2 is 1.70 bits per heavy atom. The average molecular weight is 402 g/mol. The molecule has 2 aromatic heterocycles. The molecule has 4 rings (SSSR count). The molecule has 1 fully saturated rings. The van der Waals surface area contributed by atoms with Crippen LogP contribution in [-0.2, 0) is 13.1 Å². The molecule has 154 valence electrons. The molecule has 30 heavy (non-hydrogen) atoms. The van der Waals surface area contributed by atoms with Crippen molar-refractivity contribution in [1.29, 1.82) is 0 Å². The van der Waals surface area contributed by atoms with Crippen LogP contribution in [0.15, 0.2) is 73.2 Å². The van der Waals surface area contributed by atoms with Gasteiger partial charge in [-0.1, -0.05) is 30.3 Å². The number of nitrogens with zero attached hydrogens (tertiary/aromatic N) is 3. The quantitative estimate of drug-likeness (QED) is 0.634. The molecule has 2 N–H and O–H groups in total. The Morgan fingerprint density at radius 1 is 0.933 bits per heavy atom. The van der Waals surface area contributed by atoms with E-state index in [9.17, 15) is 4.79 Å². The van der Waals surface area contributed by atoms with E-state index in [0.29, 0.717) is 24.0 Å². The van der Waals surface area contributed by atoms with Crippen LogP contribution in [0, 0.1) is 0 Å². The van der Waals surface area contributed by atoms with E-state index in [-0.39, 0.29) is 5.91 Å². The lowest BCUT2D eigenvalue weighted by atomic mass is 10.0. The molecule has 0 spiro atoms. The Morgan fingerprint density at radius 3 is 2.47 bits per heavy atom. The van der Waals surface area contributed by atoms with Crippen LogP contribution in [0.1, 0.15) is 34.3 Å². The van der Waals surface area contributed by atoms with E-state index in [2.05, 4.69) is 55.8 Å². The summed E-state index contributed by atoms with van der Waals surface area (Å²) in [4.78, 5) is 23.6. The normalized spacial score (nSPS) is 14.9. The predicted octanol–water partition coefficient (Wildman–Crippen LogP) is 3.48. The summed E-state index contributed by atoms with van der Waals surface area (Å²) in [7, 11) is 0. The summed E-state index contributed by atoms with van der Waals surface area (Å²) in [5.41, 5.74) is 2.95. The lowest BCUT2D eigenvalue weighted by molar-refractivity contribution is 0.0951. The number of hydrogen-bond acceptors (Lipinski definition) is 5. The Balaban J connectivity index is 1.31. The van der Waals surface area contributed by atoms with Gasteiger partial charge < -0.3 is 10.6 Å². The number of rotatable bonds is 7. The van der Waals surface area contributed by atoms with Crippen molar-refractivity contribution in [3.63, 3.8) is 0 Å². The lowest BCUT2D eigenvalue weighted by Gasteiger charge is -2.32. The molecule has 3 aromatic rings. The highest BCUT2D eigenvalue weighted by Gasteiger charge is 2.21. The van der Waals surface area contributed by atoms with Crippen LogP contribution in [0.25, 0.3) is 0 Å². The van der Waals surface area contributed by atoms with Gasteiger partial charge in [0.15, 0.2) is 0 Å². The zero-order valence-corrected chi connectivity index (χ0v) is 17.0. The minimum Gasteiger partial charge on any atom is -0.367 e. The maximum absolute atomic E-state index is 12.7. The molecule has 0 atom stereocenters. The van der Waals surface area contributed by atoms with Crippen molar-refractivity contribution in [2.24, 2.45) is 0 Å². The fraction of sp³-hybridized carbons (Fsp3) is 0.292. The zero-order valence-electron chi connectivity index (χ0n) is 17.0. The van der Waals surface area contributed by atoms with Gasteiger partial charge in [0, 0.05) is 50.8 Å². The Bertz CT molecular complexity index is 940. The molecule has 6 nitrogen and oxygen atoms in total. The number of benzene rings is 1. The first-order chi connectivity index (χ1) is 14.8. The van der Waals surface area contributed by atoms with E-state index in [1.54, 1.807) is 24.7 Å². The van der Waals surface area contributed by atoms with Crippen LogP contribution in [0.3, 0.4) is 0 Å².